The molecule has 2 rings (SSSR count). The Morgan fingerprint density at radius 1 is 0.333 bits per heavy atom. The maximum absolute atomic E-state index is 14.7. The van der Waals surface area contributed by atoms with Crippen LogP contribution in [-0.2, 0) is 0 Å². The molecule has 4 atom stereocenters. The Labute approximate surface area is 153 Å². The van der Waals surface area contributed by atoms with Crippen molar-refractivity contribution in [3.63, 3.8) is 0 Å². The topological polar surface area (TPSA) is 40.5 Å². The lowest BCUT2D eigenvalue weighted by Gasteiger charge is -2.65. The Balaban J connectivity index is 3.26. The van der Waals surface area contributed by atoms with Crippen LogP contribution in [0.5, 0.6) is 0 Å². The minimum absolute atomic E-state index is 3.79. The standard InChI is InChI=1S/C12H6F16O2/c13-3(1-29)7(17,18)5(15)6(16,11(25,26)9(3,21)22)8(19,20)4(14,2-30)10(23,24)12(5,27)28/h29-30H,1-2H2. The van der Waals surface area contributed by atoms with Crippen molar-refractivity contribution in [3.8, 4) is 0 Å². The number of rotatable bonds is 2. The van der Waals surface area contributed by atoms with Crippen LogP contribution in [0.3, 0.4) is 0 Å². The van der Waals surface area contributed by atoms with E-state index in [1.807, 2.05) is 0 Å². The van der Waals surface area contributed by atoms with Crippen molar-refractivity contribution in [3.05, 3.63) is 0 Å². The van der Waals surface area contributed by atoms with Gasteiger partial charge in [-0.05, 0) is 0 Å². The molecule has 0 radical (unpaired) electrons. The van der Waals surface area contributed by atoms with Gasteiger partial charge in [0.2, 0.25) is 0 Å². The minimum atomic E-state index is -8.30. The zero-order valence-corrected chi connectivity index (χ0v) is 13.4. The van der Waals surface area contributed by atoms with Crippen LogP contribution in [-0.4, -0.2) is 81.6 Å². The molecule has 2 aliphatic carbocycles. The van der Waals surface area contributed by atoms with Crippen LogP contribution < -0.4 is 0 Å². The first kappa shape index (κ1) is 25.1. The van der Waals surface area contributed by atoms with Crippen molar-refractivity contribution >= 4 is 0 Å². The van der Waals surface area contributed by atoms with E-state index < -0.39 is 71.4 Å². The highest BCUT2D eigenvalue weighted by Crippen LogP contribution is 2.80. The summed E-state index contributed by atoms with van der Waals surface area (Å²) in [6.07, 6.45) is 0. The van der Waals surface area contributed by atoms with E-state index in [4.69, 9.17) is 10.2 Å². The van der Waals surface area contributed by atoms with Gasteiger partial charge >= 0.3 is 35.5 Å². The van der Waals surface area contributed by atoms with E-state index >= 15 is 0 Å². The summed E-state index contributed by atoms with van der Waals surface area (Å²) in [5.41, 5.74) is -30.7. The lowest BCUT2D eigenvalue weighted by Crippen LogP contribution is -3.00. The summed E-state index contributed by atoms with van der Waals surface area (Å²) < 4.78 is 225. The number of halogens is 16. The molecule has 2 aliphatic rings. The molecular formula is C12H6F16O2. The molecule has 0 aromatic rings. The van der Waals surface area contributed by atoms with Crippen LogP contribution >= 0.6 is 0 Å². The van der Waals surface area contributed by atoms with Gasteiger partial charge in [0.1, 0.15) is 0 Å². The Bertz CT molecular complexity index is 691. The number of hydrogen-bond acceptors (Lipinski definition) is 2. The Morgan fingerprint density at radius 3 is 0.700 bits per heavy atom. The van der Waals surface area contributed by atoms with Gasteiger partial charge in [0, 0.05) is 0 Å². The molecule has 30 heavy (non-hydrogen) atoms. The molecule has 2 saturated carbocycles. The fourth-order valence-electron chi connectivity index (χ4n) is 3.53. The van der Waals surface area contributed by atoms with Crippen molar-refractivity contribution in [2.24, 2.45) is 0 Å². The summed E-state index contributed by atoms with van der Waals surface area (Å²) in [4.78, 5) is 0. The second kappa shape index (κ2) is 5.40. The number of alkyl halides is 16. The van der Waals surface area contributed by atoms with E-state index in [9.17, 15) is 70.2 Å². The first-order valence-electron chi connectivity index (χ1n) is 7.11. The number of aliphatic hydroxyl groups is 2. The van der Waals surface area contributed by atoms with Crippen molar-refractivity contribution in [2.75, 3.05) is 13.2 Å². The van der Waals surface area contributed by atoms with Crippen LogP contribution in [0.25, 0.3) is 0 Å². The van der Waals surface area contributed by atoms with Gasteiger partial charge in [0.05, 0.1) is 13.2 Å². The second-order valence-electron chi connectivity index (χ2n) is 6.68. The SMILES string of the molecule is OCC1(F)C(F)(F)C(F)(F)C2(F)C(F)(F)C(F)(CO)C(F)(F)C(F)(F)C2(F)C1(F)F. The van der Waals surface area contributed by atoms with E-state index in [1.54, 1.807) is 0 Å². The van der Waals surface area contributed by atoms with Crippen molar-refractivity contribution in [1.82, 2.24) is 0 Å². The average Bonchev–Trinajstić information content (AvgIpc) is 2.61. The summed E-state index contributed by atoms with van der Waals surface area (Å²) in [5.74, 6) is -47.6. The predicted octanol–water partition coefficient (Wildman–Crippen LogP) is 3.64. The van der Waals surface area contributed by atoms with Gasteiger partial charge in [0.15, 0.2) is 0 Å². The highest BCUT2D eigenvalue weighted by atomic mass is 19.4. The molecule has 4 unspecified atom stereocenters. The van der Waals surface area contributed by atoms with E-state index in [0.717, 1.165) is 0 Å². The molecule has 0 heterocycles. The predicted molar refractivity (Wildman–Crippen MR) is 59.2 cm³/mol. The zero-order chi connectivity index (χ0) is 24.4. The molecule has 18 heteroatoms. The van der Waals surface area contributed by atoms with Crippen LogP contribution in [0.15, 0.2) is 0 Å². The first-order chi connectivity index (χ1) is 12.9. The first-order valence-corrected chi connectivity index (χ1v) is 7.11. The number of fused-ring (bicyclic) bond motifs is 1. The molecule has 0 saturated heterocycles. The molecule has 0 aromatic heterocycles. The third-order valence-corrected chi connectivity index (χ3v) is 5.42. The third kappa shape index (κ3) is 1.66. The van der Waals surface area contributed by atoms with Crippen LogP contribution in [0.4, 0.5) is 70.2 Å². The molecule has 2 N–H and O–H groups in total. The lowest BCUT2D eigenvalue weighted by molar-refractivity contribution is -0.540. The Kier molecular flexibility index (Phi) is 4.51. The normalized spacial score (nSPS) is 47.4. The van der Waals surface area contributed by atoms with E-state index in [1.165, 1.54) is 0 Å². The van der Waals surface area contributed by atoms with Gasteiger partial charge in [-0.3, -0.25) is 0 Å². The van der Waals surface area contributed by atoms with E-state index in [0.29, 0.717) is 0 Å². The summed E-state index contributed by atoms with van der Waals surface area (Å²) >= 11 is 0. The van der Waals surface area contributed by atoms with Crippen molar-refractivity contribution in [1.29, 1.82) is 0 Å². The van der Waals surface area contributed by atoms with Crippen LogP contribution in [0.2, 0.25) is 0 Å². The zero-order valence-electron chi connectivity index (χ0n) is 13.4. The number of aliphatic hydroxyl groups excluding tert-OH is 2. The van der Waals surface area contributed by atoms with Gasteiger partial charge in [-0.15, -0.1) is 0 Å². The highest BCUT2D eigenvalue weighted by molar-refractivity contribution is 5.44. The molecule has 0 bridgehead atoms. The van der Waals surface area contributed by atoms with Gasteiger partial charge in [-0.25, -0.2) is 17.6 Å². The lowest BCUT2D eigenvalue weighted by atomic mass is 9.50. The Morgan fingerprint density at radius 2 is 0.533 bits per heavy atom. The minimum Gasteiger partial charge on any atom is -0.393 e. The van der Waals surface area contributed by atoms with Crippen molar-refractivity contribution in [2.45, 2.75) is 58.2 Å². The maximum atomic E-state index is 14.7. The third-order valence-electron chi connectivity index (χ3n) is 5.42. The quantitative estimate of drug-likeness (QED) is 0.586. The molecule has 2 fully saturated rings. The molecule has 178 valence electrons. The molecular weight excluding hydrogens is 480 g/mol. The van der Waals surface area contributed by atoms with E-state index in [-0.39, 0.29) is 0 Å². The van der Waals surface area contributed by atoms with Gasteiger partial charge in [-0.1, -0.05) is 0 Å². The maximum Gasteiger partial charge on any atom is 0.356 e. The summed E-state index contributed by atoms with van der Waals surface area (Å²) in [5, 5.41) is 16.7. The molecule has 0 spiro atoms. The van der Waals surface area contributed by atoms with Gasteiger partial charge in [-0.2, -0.15) is 52.7 Å². The smallest absolute Gasteiger partial charge is 0.356 e. The van der Waals surface area contributed by atoms with Gasteiger partial charge in [0.25, 0.3) is 22.7 Å². The molecule has 2 nitrogen and oxygen atoms in total. The van der Waals surface area contributed by atoms with Crippen LogP contribution in [0.1, 0.15) is 0 Å². The van der Waals surface area contributed by atoms with Gasteiger partial charge < -0.3 is 10.2 Å². The number of hydrogen-bond donors (Lipinski definition) is 2. The summed E-state index contributed by atoms with van der Waals surface area (Å²) in [6, 6.07) is 0. The fourth-order valence-corrected chi connectivity index (χ4v) is 3.53. The molecule has 0 aliphatic heterocycles. The largest absolute Gasteiger partial charge is 0.393 e. The monoisotopic (exact) mass is 486 g/mol. The fraction of sp³-hybridized carbons (Fsp3) is 1.00. The molecule has 0 amide bonds. The van der Waals surface area contributed by atoms with E-state index in [2.05, 4.69) is 0 Å². The second-order valence-corrected chi connectivity index (χ2v) is 6.68. The summed E-state index contributed by atoms with van der Waals surface area (Å²) in [6.45, 7) is -7.59. The molecule has 0 aromatic carbocycles. The highest BCUT2D eigenvalue weighted by Gasteiger charge is 3.13. The van der Waals surface area contributed by atoms with Crippen molar-refractivity contribution < 1.29 is 80.5 Å². The Hall–Kier alpha value is -1.20. The van der Waals surface area contributed by atoms with Crippen LogP contribution in [0, 0.1) is 0 Å². The average molecular weight is 486 g/mol. The summed E-state index contributed by atoms with van der Waals surface area (Å²) in [7, 11) is 0.